The second-order valence-corrected chi connectivity index (χ2v) is 8.06. The number of alkyl carbamates (subject to hydrolysis) is 1. The molecule has 3 amide bonds. The summed E-state index contributed by atoms with van der Waals surface area (Å²) < 4.78 is 5.10. The highest BCUT2D eigenvalue weighted by Gasteiger charge is 2.21. The van der Waals surface area contributed by atoms with E-state index in [1.165, 1.54) is 12.8 Å². The van der Waals surface area contributed by atoms with Crippen LogP contribution in [0.1, 0.15) is 38.2 Å². The van der Waals surface area contributed by atoms with Gasteiger partial charge in [0.15, 0.2) is 0 Å². The third-order valence-corrected chi connectivity index (χ3v) is 5.42. The largest absolute Gasteiger partial charge is 0.445 e. The molecule has 1 unspecified atom stereocenters. The van der Waals surface area contributed by atoms with Crippen molar-refractivity contribution in [1.29, 1.82) is 0 Å². The second-order valence-electron chi connectivity index (χ2n) is 8.06. The molecular weight excluding hydrogens is 420 g/mol. The van der Waals surface area contributed by atoms with Crippen LogP contribution < -0.4 is 20.9 Å². The topological polar surface area (TPSA) is 99.8 Å². The van der Waals surface area contributed by atoms with Crippen molar-refractivity contribution in [2.75, 3.05) is 29.9 Å². The Labute approximate surface area is 194 Å². The highest BCUT2D eigenvalue weighted by atomic mass is 16.5. The number of ether oxygens (including phenoxy) is 1. The zero-order valence-electron chi connectivity index (χ0n) is 19.0. The monoisotopic (exact) mass is 452 g/mol. The van der Waals surface area contributed by atoms with Gasteiger partial charge in [0.25, 0.3) is 0 Å². The quantitative estimate of drug-likeness (QED) is 0.513. The Morgan fingerprint density at radius 2 is 1.79 bits per heavy atom. The van der Waals surface area contributed by atoms with E-state index in [9.17, 15) is 14.4 Å². The van der Waals surface area contributed by atoms with E-state index in [2.05, 4.69) is 20.9 Å². The SMILES string of the molecule is CCCC(NC(=O)CNC(=O)OCc1ccccc1)C(=O)Nc1cccc(N2CCCC2)c1. The lowest BCUT2D eigenvalue weighted by molar-refractivity contribution is -0.126. The highest BCUT2D eigenvalue weighted by Crippen LogP contribution is 2.23. The fourth-order valence-corrected chi connectivity index (χ4v) is 3.71. The summed E-state index contributed by atoms with van der Waals surface area (Å²) in [6.45, 7) is 3.83. The van der Waals surface area contributed by atoms with E-state index in [0.29, 0.717) is 12.1 Å². The Balaban J connectivity index is 1.46. The van der Waals surface area contributed by atoms with Gasteiger partial charge in [-0.3, -0.25) is 9.59 Å². The van der Waals surface area contributed by atoms with Gasteiger partial charge < -0.3 is 25.6 Å². The molecule has 3 N–H and O–H groups in total. The predicted molar refractivity (Wildman–Crippen MR) is 128 cm³/mol. The average molecular weight is 453 g/mol. The number of benzene rings is 2. The molecule has 2 aromatic carbocycles. The number of anilines is 2. The number of nitrogens with zero attached hydrogens (tertiary/aromatic N) is 1. The fraction of sp³-hybridized carbons (Fsp3) is 0.400. The average Bonchev–Trinajstić information content (AvgIpc) is 3.37. The first-order valence-electron chi connectivity index (χ1n) is 11.4. The molecule has 176 valence electrons. The normalized spacial score (nSPS) is 13.8. The van der Waals surface area contributed by atoms with Crippen LogP contribution in [0.25, 0.3) is 0 Å². The van der Waals surface area contributed by atoms with Crippen molar-refractivity contribution >= 4 is 29.3 Å². The van der Waals surface area contributed by atoms with Crippen molar-refractivity contribution in [2.45, 2.75) is 45.3 Å². The molecule has 0 aliphatic carbocycles. The first kappa shape index (κ1) is 24.1. The molecule has 0 bridgehead atoms. The van der Waals surface area contributed by atoms with Crippen molar-refractivity contribution in [3.05, 3.63) is 60.2 Å². The van der Waals surface area contributed by atoms with Gasteiger partial charge in [-0.05, 0) is 43.0 Å². The molecule has 2 aromatic rings. The standard InChI is InChI=1S/C25H32N4O4/c1-2-9-22(24(31)27-20-12-8-13-21(16-20)29-14-6-7-15-29)28-23(30)17-26-25(32)33-18-19-10-4-3-5-11-19/h3-5,8,10-13,16,22H,2,6-7,9,14-15,17-18H2,1H3,(H,26,32)(H,27,31)(H,28,30). The number of hydrogen-bond donors (Lipinski definition) is 3. The van der Waals surface area contributed by atoms with Crippen LogP contribution in [0.4, 0.5) is 16.2 Å². The Hall–Kier alpha value is -3.55. The molecule has 0 saturated carbocycles. The molecule has 1 aliphatic heterocycles. The van der Waals surface area contributed by atoms with Gasteiger partial charge in [-0.1, -0.05) is 49.7 Å². The first-order chi connectivity index (χ1) is 16.0. The molecule has 8 heteroatoms. The van der Waals surface area contributed by atoms with Gasteiger partial charge in [0, 0.05) is 24.5 Å². The van der Waals surface area contributed by atoms with Crippen LogP contribution >= 0.6 is 0 Å². The molecule has 8 nitrogen and oxygen atoms in total. The maximum atomic E-state index is 12.8. The van der Waals surface area contributed by atoms with Crippen molar-refractivity contribution < 1.29 is 19.1 Å². The van der Waals surface area contributed by atoms with Crippen molar-refractivity contribution in [3.8, 4) is 0 Å². The summed E-state index contributed by atoms with van der Waals surface area (Å²) in [5.74, 6) is -0.735. The minimum absolute atomic E-state index is 0.117. The Morgan fingerprint density at radius 1 is 1.03 bits per heavy atom. The summed E-state index contributed by atoms with van der Waals surface area (Å²) in [7, 11) is 0. The van der Waals surface area contributed by atoms with Gasteiger partial charge in [-0.2, -0.15) is 0 Å². The minimum Gasteiger partial charge on any atom is -0.445 e. The lowest BCUT2D eigenvalue weighted by Gasteiger charge is -2.20. The number of carbonyl (C=O) groups excluding carboxylic acids is 3. The molecule has 0 spiro atoms. The van der Waals surface area contributed by atoms with Crippen LogP contribution in [0, 0.1) is 0 Å². The first-order valence-corrected chi connectivity index (χ1v) is 11.4. The zero-order chi connectivity index (χ0) is 23.5. The fourth-order valence-electron chi connectivity index (χ4n) is 3.71. The molecule has 33 heavy (non-hydrogen) atoms. The van der Waals surface area contributed by atoms with Crippen LogP contribution in [-0.4, -0.2) is 43.6 Å². The van der Waals surface area contributed by atoms with Crippen LogP contribution in [0.5, 0.6) is 0 Å². The van der Waals surface area contributed by atoms with Gasteiger partial charge in [0.05, 0.1) is 0 Å². The molecule has 1 heterocycles. The molecule has 1 saturated heterocycles. The van der Waals surface area contributed by atoms with Gasteiger partial charge in [-0.15, -0.1) is 0 Å². The smallest absolute Gasteiger partial charge is 0.407 e. The van der Waals surface area contributed by atoms with E-state index >= 15 is 0 Å². The Bertz CT molecular complexity index is 929. The van der Waals surface area contributed by atoms with Gasteiger partial charge in [-0.25, -0.2) is 4.79 Å². The lowest BCUT2D eigenvalue weighted by atomic mass is 10.1. The zero-order valence-corrected chi connectivity index (χ0v) is 19.0. The third kappa shape index (κ3) is 7.82. The van der Waals surface area contributed by atoms with E-state index in [1.807, 2.05) is 61.5 Å². The van der Waals surface area contributed by atoms with Crippen LogP contribution in [0.3, 0.4) is 0 Å². The number of rotatable bonds is 10. The van der Waals surface area contributed by atoms with E-state index in [-0.39, 0.29) is 19.1 Å². The lowest BCUT2D eigenvalue weighted by Crippen LogP contribution is -2.47. The van der Waals surface area contributed by atoms with Gasteiger partial charge >= 0.3 is 6.09 Å². The minimum atomic E-state index is -0.694. The third-order valence-electron chi connectivity index (χ3n) is 5.42. The Kier molecular flexibility index (Phi) is 9.11. The van der Waals surface area contributed by atoms with E-state index in [1.54, 1.807) is 0 Å². The van der Waals surface area contributed by atoms with Crippen molar-refractivity contribution in [3.63, 3.8) is 0 Å². The maximum Gasteiger partial charge on any atom is 0.407 e. The predicted octanol–water partition coefficient (Wildman–Crippen LogP) is 3.44. The van der Waals surface area contributed by atoms with Gasteiger partial charge in [0.2, 0.25) is 11.8 Å². The summed E-state index contributed by atoms with van der Waals surface area (Å²) in [5.41, 5.74) is 2.63. The Morgan fingerprint density at radius 3 is 2.52 bits per heavy atom. The molecule has 0 radical (unpaired) electrons. The summed E-state index contributed by atoms with van der Waals surface area (Å²) in [4.78, 5) is 39.3. The van der Waals surface area contributed by atoms with Crippen LogP contribution in [0.2, 0.25) is 0 Å². The van der Waals surface area contributed by atoms with Crippen LogP contribution in [0.15, 0.2) is 54.6 Å². The summed E-state index contributed by atoms with van der Waals surface area (Å²) in [5, 5.41) is 8.03. The number of carbonyl (C=O) groups is 3. The number of nitrogens with one attached hydrogen (secondary N) is 3. The van der Waals surface area contributed by atoms with Crippen LogP contribution in [-0.2, 0) is 20.9 Å². The molecular formula is C25H32N4O4. The molecule has 1 aliphatic rings. The summed E-state index contributed by atoms with van der Waals surface area (Å²) >= 11 is 0. The summed E-state index contributed by atoms with van der Waals surface area (Å²) in [6, 6.07) is 16.3. The van der Waals surface area contributed by atoms with Crippen molar-refractivity contribution in [2.24, 2.45) is 0 Å². The molecule has 1 fully saturated rings. The van der Waals surface area contributed by atoms with E-state index in [4.69, 9.17) is 4.74 Å². The number of amides is 3. The summed E-state index contributed by atoms with van der Waals surface area (Å²) in [6.07, 6.45) is 2.87. The van der Waals surface area contributed by atoms with E-state index < -0.39 is 18.0 Å². The number of hydrogen-bond acceptors (Lipinski definition) is 5. The molecule has 1 atom stereocenters. The molecule has 3 rings (SSSR count). The van der Waals surface area contributed by atoms with Gasteiger partial charge in [0.1, 0.15) is 19.2 Å². The van der Waals surface area contributed by atoms with Crippen molar-refractivity contribution in [1.82, 2.24) is 10.6 Å². The second kappa shape index (κ2) is 12.5. The van der Waals surface area contributed by atoms with E-state index in [0.717, 1.165) is 30.8 Å². The molecule has 0 aromatic heterocycles. The highest BCUT2D eigenvalue weighted by molar-refractivity contribution is 5.98. The maximum absolute atomic E-state index is 12.8.